The molecule has 100 heavy (non-hydrogen) atoms. The quantitative estimate of drug-likeness (QED) is 0.0199. The first-order valence-electron chi connectivity index (χ1n) is 41.6. The zero-order chi connectivity index (χ0) is 72.5. The van der Waals surface area contributed by atoms with Gasteiger partial charge in [0.25, 0.3) is 0 Å². The van der Waals surface area contributed by atoms with Gasteiger partial charge in [-0.2, -0.15) is 0 Å². The molecule has 3 saturated heterocycles. The third-order valence-corrected chi connectivity index (χ3v) is 21.0. The number of amides is 1. The molecule has 3 heterocycles. The van der Waals surface area contributed by atoms with Crippen LogP contribution in [0.15, 0.2) is 24.3 Å². The summed E-state index contributed by atoms with van der Waals surface area (Å²) in [6, 6.07) is -0.887. The first-order chi connectivity index (χ1) is 48.8. The van der Waals surface area contributed by atoms with Crippen LogP contribution in [0.1, 0.15) is 354 Å². The van der Waals surface area contributed by atoms with E-state index in [9.17, 15) is 61.0 Å². The minimum atomic E-state index is -1.97. The minimum Gasteiger partial charge on any atom is -0.394 e. The molecule has 19 heteroatoms. The van der Waals surface area contributed by atoms with Crippen molar-refractivity contribution >= 4 is 5.91 Å². The maximum Gasteiger partial charge on any atom is 0.220 e. The Hall–Kier alpha value is -1.73. The van der Waals surface area contributed by atoms with Gasteiger partial charge in [0.2, 0.25) is 5.91 Å². The molecule has 17 unspecified atom stereocenters. The summed E-state index contributed by atoms with van der Waals surface area (Å²) in [4.78, 5) is 13.5. The van der Waals surface area contributed by atoms with E-state index in [4.69, 9.17) is 28.4 Å². The number of hydrogen-bond donors (Lipinski definition) is 12. The Labute approximate surface area is 607 Å². The lowest BCUT2D eigenvalue weighted by molar-refractivity contribution is -0.379. The summed E-state index contributed by atoms with van der Waals surface area (Å²) >= 11 is 0. The van der Waals surface area contributed by atoms with Crippen LogP contribution in [-0.2, 0) is 33.2 Å². The molecule has 3 rings (SSSR count). The van der Waals surface area contributed by atoms with Gasteiger partial charge in [-0.25, -0.2) is 0 Å². The molecule has 0 aromatic carbocycles. The fourth-order valence-electron chi connectivity index (χ4n) is 14.3. The third kappa shape index (κ3) is 42.0. The fourth-order valence-corrected chi connectivity index (χ4v) is 14.3. The van der Waals surface area contributed by atoms with E-state index in [-0.39, 0.29) is 18.9 Å². The molecule has 0 radical (unpaired) electrons. The van der Waals surface area contributed by atoms with Gasteiger partial charge in [0.05, 0.1) is 38.6 Å². The average Bonchev–Trinajstić information content (AvgIpc) is 0.783. The molecule has 17 atom stereocenters. The summed E-state index contributed by atoms with van der Waals surface area (Å²) in [6.07, 6.45) is 48.4. The number of allylic oxidation sites excluding steroid dienone is 4. The van der Waals surface area contributed by atoms with Crippen molar-refractivity contribution in [3.05, 3.63) is 24.3 Å². The lowest BCUT2D eigenvalue weighted by atomic mass is 9.96. The lowest BCUT2D eigenvalue weighted by Crippen LogP contribution is -2.66. The number of hydrogen-bond acceptors (Lipinski definition) is 18. The van der Waals surface area contributed by atoms with Crippen molar-refractivity contribution < 1.29 is 89.4 Å². The van der Waals surface area contributed by atoms with E-state index in [0.717, 1.165) is 51.4 Å². The van der Waals surface area contributed by atoms with Crippen LogP contribution in [0, 0.1) is 0 Å². The van der Waals surface area contributed by atoms with Crippen molar-refractivity contribution in [2.24, 2.45) is 0 Å². The fraction of sp³-hybridized carbons (Fsp3) is 0.938. The van der Waals surface area contributed by atoms with Crippen molar-refractivity contribution in [3.63, 3.8) is 0 Å². The highest BCUT2D eigenvalue weighted by Crippen LogP contribution is 2.33. The van der Waals surface area contributed by atoms with Gasteiger partial charge in [0.1, 0.15) is 73.2 Å². The van der Waals surface area contributed by atoms with Gasteiger partial charge in [-0.1, -0.05) is 327 Å². The summed E-state index contributed by atoms with van der Waals surface area (Å²) in [7, 11) is 0. The number of rotatable bonds is 67. The van der Waals surface area contributed by atoms with Crippen LogP contribution < -0.4 is 5.32 Å². The highest BCUT2D eigenvalue weighted by Gasteiger charge is 2.54. The number of aliphatic hydroxyl groups is 11. The number of aliphatic hydroxyl groups excluding tert-OH is 11. The molecule has 0 bridgehead atoms. The Morgan fingerprint density at radius 2 is 0.660 bits per heavy atom. The first kappa shape index (κ1) is 92.5. The monoisotopic (exact) mass is 1430 g/mol. The molecule has 0 saturated carbocycles. The van der Waals surface area contributed by atoms with E-state index in [1.807, 2.05) is 0 Å². The van der Waals surface area contributed by atoms with Crippen LogP contribution in [0.3, 0.4) is 0 Å². The van der Waals surface area contributed by atoms with Crippen LogP contribution in [0.5, 0.6) is 0 Å². The van der Waals surface area contributed by atoms with E-state index in [0.29, 0.717) is 12.8 Å². The average molecular weight is 1430 g/mol. The van der Waals surface area contributed by atoms with Gasteiger partial charge >= 0.3 is 0 Å². The molecule has 3 aliphatic heterocycles. The maximum absolute atomic E-state index is 13.5. The summed E-state index contributed by atoms with van der Waals surface area (Å²) in [5.41, 5.74) is 0. The smallest absolute Gasteiger partial charge is 0.220 e. The molecule has 3 fully saturated rings. The normalized spacial score (nSPS) is 26.5. The van der Waals surface area contributed by atoms with Crippen LogP contribution in [0.25, 0.3) is 0 Å². The molecular formula is C81H153NO18. The number of carbonyl (C=O) groups excluding carboxylic acids is 1. The molecular weight excluding hydrogens is 1270 g/mol. The topological polar surface area (TPSA) is 307 Å². The van der Waals surface area contributed by atoms with Gasteiger partial charge in [-0.15, -0.1) is 0 Å². The molecule has 590 valence electrons. The van der Waals surface area contributed by atoms with Gasteiger partial charge in [0, 0.05) is 6.42 Å². The largest absolute Gasteiger partial charge is 0.394 e. The van der Waals surface area contributed by atoms with Crippen molar-refractivity contribution in [3.8, 4) is 0 Å². The van der Waals surface area contributed by atoms with Crippen LogP contribution in [0.2, 0.25) is 0 Å². The predicted octanol–water partition coefficient (Wildman–Crippen LogP) is 14.1. The molecule has 19 nitrogen and oxygen atoms in total. The van der Waals surface area contributed by atoms with Gasteiger partial charge in [-0.05, 0) is 44.9 Å². The summed E-state index contributed by atoms with van der Waals surface area (Å²) in [5.74, 6) is -0.236. The Balaban J connectivity index is 1.36. The predicted molar refractivity (Wildman–Crippen MR) is 397 cm³/mol. The second kappa shape index (κ2) is 62.3. The summed E-state index contributed by atoms with van der Waals surface area (Å²) in [6.45, 7) is 1.85. The van der Waals surface area contributed by atoms with Crippen molar-refractivity contribution in [1.82, 2.24) is 5.32 Å². The molecule has 1 amide bonds. The highest BCUT2D eigenvalue weighted by atomic mass is 16.8. The van der Waals surface area contributed by atoms with Crippen LogP contribution in [0.4, 0.5) is 0 Å². The molecule has 3 aliphatic rings. The summed E-state index contributed by atoms with van der Waals surface area (Å²) < 4.78 is 34.6. The second-order valence-corrected chi connectivity index (χ2v) is 29.9. The SMILES string of the molecule is CCCCCCC/C=C\C/C=C\CCCCCCCCCCCCCCCCCCCC(=O)NC(COC1OC(CO)C(OC2OC(CO)C(OC3OC(CO)C(O)C(O)C3O)C(O)C2O)C(O)C1O)C(O)CCCCCCCCCCCCCCCCCCCCCCCCCCCC. The lowest BCUT2D eigenvalue weighted by Gasteiger charge is -2.48. The summed E-state index contributed by atoms with van der Waals surface area (Å²) in [5, 5.41) is 121. The highest BCUT2D eigenvalue weighted by molar-refractivity contribution is 5.76. The third-order valence-electron chi connectivity index (χ3n) is 21.0. The van der Waals surface area contributed by atoms with E-state index in [1.54, 1.807) is 0 Å². The number of nitrogens with one attached hydrogen (secondary N) is 1. The Morgan fingerprint density at radius 3 is 1.02 bits per heavy atom. The zero-order valence-corrected chi connectivity index (χ0v) is 63.2. The van der Waals surface area contributed by atoms with Crippen molar-refractivity contribution in [2.45, 2.75) is 458 Å². The maximum atomic E-state index is 13.5. The van der Waals surface area contributed by atoms with Crippen molar-refractivity contribution in [1.29, 1.82) is 0 Å². The van der Waals surface area contributed by atoms with Crippen LogP contribution >= 0.6 is 0 Å². The zero-order valence-electron chi connectivity index (χ0n) is 63.2. The van der Waals surface area contributed by atoms with Gasteiger partial charge in [0.15, 0.2) is 18.9 Å². The van der Waals surface area contributed by atoms with Crippen LogP contribution in [-0.4, -0.2) is 193 Å². The van der Waals surface area contributed by atoms with E-state index >= 15 is 0 Å². The first-order valence-corrected chi connectivity index (χ1v) is 41.6. The Bertz CT molecular complexity index is 1900. The van der Waals surface area contributed by atoms with E-state index in [2.05, 4.69) is 43.5 Å². The Kier molecular flexibility index (Phi) is 57.6. The molecule has 0 aromatic rings. The Morgan fingerprint density at radius 1 is 0.360 bits per heavy atom. The molecule has 0 spiro atoms. The van der Waals surface area contributed by atoms with Crippen molar-refractivity contribution in [2.75, 3.05) is 26.4 Å². The number of unbranched alkanes of at least 4 members (excludes halogenated alkanes) is 47. The van der Waals surface area contributed by atoms with E-state index in [1.165, 1.54) is 270 Å². The molecule has 12 N–H and O–H groups in total. The second-order valence-electron chi connectivity index (χ2n) is 29.9. The molecule has 0 aromatic heterocycles. The number of ether oxygens (including phenoxy) is 6. The van der Waals surface area contributed by atoms with Gasteiger partial charge < -0.3 is 89.9 Å². The van der Waals surface area contributed by atoms with E-state index < -0.39 is 124 Å². The standard InChI is InChI=1S/C81H153NO18/c1-3-5-7-9-11-13-15-17-19-21-23-25-27-29-31-32-33-35-37-39-41-43-45-47-49-51-53-55-57-59-69(87)82-64(65(86)58-56-54-52-50-48-46-44-42-40-38-36-34-30-28-26-24-22-20-18-16-14-12-10-8-6-4-2)63-95-79-75(93)72(90)77(67(61-84)97-79)100-81-76(94)73(91)78(68(62-85)98-81)99-80-74(92)71(89)70(88)66(60-83)96-80/h15,17,21,23,64-68,70-81,83-86,88-94H,3-14,16,18-20,22,24-63H2,1-2H3,(H,82,87)/b17-15-,23-21-. The number of carbonyl (C=O) groups is 1. The van der Waals surface area contributed by atoms with Gasteiger partial charge in [-0.3, -0.25) is 4.79 Å². The molecule has 0 aliphatic carbocycles. The minimum absolute atomic E-state index is 0.236.